The monoisotopic (exact) mass is 326 g/mol. The predicted molar refractivity (Wildman–Crippen MR) is 70.6 cm³/mol. The second-order valence-electron chi connectivity index (χ2n) is 3.64. The summed E-state index contributed by atoms with van der Waals surface area (Å²) >= 11 is 2.24. The average Bonchev–Trinajstić information content (AvgIpc) is 2.68. The summed E-state index contributed by atoms with van der Waals surface area (Å²) in [5.74, 6) is 1.23. The standard InChI is InChI=1S/C13H11IO2/c1-9-2-7-13(16-9)12(15)8-10-3-5-11(14)6-4-10/h2-7H,8H2,1H3. The number of halogens is 1. The lowest BCUT2D eigenvalue weighted by Gasteiger charge is -1.99. The SMILES string of the molecule is Cc1ccc(C(=O)Cc2ccc(I)cc2)o1. The van der Waals surface area contributed by atoms with Crippen molar-refractivity contribution < 1.29 is 9.21 Å². The van der Waals surface area contributed by atoms with E-state index in [0.717, 1.165) is 11.3 Å². The molecule has 0 N–H and O–H groups in total. The third-order valence-corrected chi connectivity index (χ3v) is 3.01. The van der Waals surface area contributed by atoms with Crippen molar-refractivity contribution in [2.45, 2.75) is 13.3 Å². The van der Waals surface area contributed by atoms with Crippen molar-refractivity contribution in [2.24, 2.45) is 0 Å². The Balaban J connectivity index is 2.10. The summed E-state index contributed by atoms with van der Waals surface area (Å²) in [7, 11) is 0. The zero-order valence-corrected chi connectivity index (χ0v) is 11.0. The smallest absolute Gasteiger partial charge is 0.202 e. The van der Waals surface area contributed by atoms with Crippen LogP contribution >= 0.6 is 22.6 Å². The largest absolute Gasteiger partial charge is 0.458 e. The Morgan fingerprint density at radius 2 is 1.88 bits per heavy atom. The van der Waals surface area contributed by atoms with Gasteiger partial charge in [-0.3, -0.25) is 4.79 Å². The minimum atomic E-state index is 0.0225. The maximum Gasteiger partial charge on any atom is 0.202 e. The van der Waals surface area contributed by atoms with Gasteiger partial charge in [-0.25, -0.2) is 0 Å². The highest BCUT2D eigenvalue weighted by atomic mass is 127. The molecule has 0 amide bonds. The summed E-state index contributed by atoms with van der Waals surface area (Å²) in [5, 5.41) is 0. The number of furan rings is 1. The number of rotatable bonds is 3. The summed E-state index contributed by atoms with van der Waals surface area (Å²) in [6.45, 7) is 1.83. The van der Waals surface area contributed by atoms with Gasteiger partial charge in [0.05, 0.1) is 0 Å². The lowest BCUT2D eigenvalue weighted by atomic mass is 10.1. The summed E-state index contributed by atoms with van der Waals surface area (Å²) in [6.07, 6.45) is 0.393. The first kappa shape index (κ1) is 11.4. The highest BCUT2D eigenvalue weighted by molar-refractivity contribution is 14.1. The van der Waals surface area contributed by atoms with Crippen LogP contribution in [0, 0.1) is 10.5 Å². The summed E-state index contributed by atoms with van der Waals surface area (Å²) in [4.78, 5) is 11.8. The van der Waals surface area contributed by atoms with E-state index in [1.165, 1.54) is 3.57 Å². The topological polar surface area (TPSA) is 30.2 Å². The fraction of sp³-hybridized carbons (Fsp3) is 0.154. The van der Waals surface area contributed by atoms with E-state index < -0.39 is 0 Å². The molecular weight excluding hydrogens is 315 g/mol. The van der Waals surface area contributed by atoms with Crippen molar-refractivity contribution >= 4 is 28.4 Å². The van der Waals surface area contributed by atoms with Gasteiger partial charge in [-0.15, -0.1) is 0 Å². The lowest BCUT2D eigenvalue weighted by Crippen LogP contribution is -2.01. The number of carbonyl (C=O) groups is 1. The molecular formula is C13H11IO2. The number of carbonyl (C=O) groups excluding carboxylic acids is 1. The molecule has 3 heteroatoms. The van der Waals surface area contributed by atoms with Crippen LogP contribution in [0.3, 0.4) is 0 Å². The molecule has 82 valence electrons. The van der Waals surface area contributed by atoms with Gasteiger partial charge in [-0.05, 0) is 59.3 Å². The third-order valence-electron chi connectivity index (χ3n) is 2.29. The Morgan fingerprint density at radius 1 is 1.19 bits per heavy atom. The molecule has 0 saturated carbocycles. The first-order valence-corrected chi connectivity index (χ1v) is 6.07. The molecule has 0 unspecified atom stereocenters. The van der Waals surface area contributed by atoms with Gasteiger partial charge in [-0.1, -0.05) is 12.1 Å². The van der Waals surface area contributed by atoms with Gasteiger partial charge in [0.2, 0.25) is 5.78 Å². The molecule has 0 radical (unpaired) electrons. The minimum Gasteiger partial charge on any atom is -0.458 e. The van der Waals surface area contributed by atoms with Crippen LogP contribution in [0.1, 0.15) is 21.9 Å². The van der Waals surface area contributed by atoms with Crippen LogP contribution in [-0.2, 0) is 6.42 Å². The summed E-state index contributed by atoms with van der Waals surface area (Å²) < 4.78 is 6.46. The van der Waals surface area contributed by atoms with Crippen molar-refractivity contribution in [3.8, 4) is 0 Å². The van der Waals surface area contributed by atoms with E-state index in [2.05, 4.69) is 22.6 Å². The zero-order valence-electron chi connectivity index (χ0n) is 8.87. The second-order valence-corrected chi connectivity index (χ2v) is 4.88. The highest BCUT2D eigenvalue weighted by Gasteiger charge is 2.10. The molecule has 1 aromatic carbocycles. The van der Waals surface area contributed by atoms with Crippen LogP contribution in [-0.4, -0.2) is 5.78 Å². The van der Waals surface area contributed by atoms with Crippen LogP contribution in [0.4, 0.5) is 0 Å². The molecule has 2 nitrogen and oxygen atoms in total. The Hall–Kier alpha value is -1.10. The van der Waals surface area contributed by atoms with Crippen LogP contribution in [0.2, 0.25) is 0 Å². The van der Waals surface area contributed by atoms with Gasteiger partial charge in [0.25, 0.3) is 0 Å². The van der Waals surface area contributed by atoms with Gasteiger partial charge >= 0.3 is 0 Å². The normalized spacial score (nSPS) is 10.4. The Morgan fingerprint density at radius 3 is 2.44 bits per heavy atom. The molecule has 0 aliphatic carbocycles. The fourth-order valence-electron chi connectivity index (χ4n) is 1.46. The lowest BCUT2D eigenvalue weighted by molar-refractivity contribution is 0.0965. The Kier molecular flexibility index (Phi) is 3.43. The van der Waals surface area contributed by atoms with Gasteiger partial charge < -0.3 is 4.42 Å². The van der Waals surface area contributed by atoms with Gasteiger partial charge in [0.15, 0.2) is 5.76 Å². The molecule has 2 aromatic rings. The van der Waals surface area contributed by atoms with Crippen molar-refractivity contribution in [2.75, 3.05) is 0 Å². The molecule has 0 spiro atoms. The third kappa shape index (κ3) is 2.72. The maximum atomic E-state index is 11.8. The fourth-order valence-corrected chi connectivity index (χ4v) is 1.82. The molecule has 0 fully saturated rings. The maximum absolute atomic E-state index is 11.8. The van der Waals surface area contributed by atoms with Gasteiger partial charge in [0, 0.05) is 9.99 Å². The Bertz CT molecular complexity index is 497. The van der Waals surface area contributed by atoms with E-state index in [4.69, 9.17) is 4.42 Å². The number of aryl methyl sites for hydroxylation is 1. The average molecular weight is 326 g/mol. The zero-order chi connectivity index (χ0) is 11.5. The summed E-state index contributed by atoms with van der Waals surface area (Å²) in [5.41, 5.74) is 1.01. The van der Waals surface area contributed by atoms with Crippen molar-refractivity contribution in [3.05, 3.63) is 57.1 Å². The number of ketones is 1. The van der Waals surface area contributed by atoms with E-state index in [0.29, 0.717) is 12.2 Å². The number of hydrogen-bond donors (Lipinski definition) is 0. The molecule has 0 aliphatic heterocycles. The van der Waals surface area contributed by atoms with E-state index >= 15 is 0 Å². The van der Waals surface area contributed by atoms with Crippen molar-refractivity contribution in [1.82, 2.24) is 0 Å². The van der Waals surface area contributed by atoms with Crippen molar-refractivity contribution in [1.29, 1.82) is 0 Å². The van der Waals surface area contributed by atoms with Crippen LogP contribution < -0.4 is 0 Å². The molecule has 2 rings (SSSR count). The van der Waals surface area contributed by atoms with Crippen molar-refractivity contribution in [3.63, 3.8) is 0 Å². The quantitative estimate of drug-likeness (QED) is 0.637. The number of Topliss-reactive ketones (excluding diaryl/α,β-unsaturated/α-hetero) is 1. The van der Waals surface area contributed by atoms with E-state index in [9.17, 15) is 4.79 Å². The predicted octanol–water partition coefficient (Wildman–Crippen LogP) is 3.62. The van der Waals surface area contributed by atoms with E-state index in [1.54, 1.807) is 12.1 Å². The molecule has 1 heterocycles. The second kappa shape index (κ2) is 4.82. The number of hydrogen-bond acceptors (Lipinski definition) is 2. The van der Waals surface area contributed by atoms with Crippen LogP contribution in [0.25, 0.3) is 0 Å². The van der Waals surface area contributed by atoms with E-state index in [1.807, 2.05) is 31.2 Å². The van der Waals surface area contributed by atoms with Crippen LogP contribution in [0.15, 0.2) is 40.8 Å². The van der Waals surface area contributed by atoms with Gasteiger partial charge in [0.1, 0.15) is 5.76 Å². The first-order valence-electron chi connectivity index (χ1n) is 4.99. The minimum absolute atomic E-state index is 0.0225. The highest BCUT2D eigenvalue weighted by Crippen LogP contribution is 2.12. The molecule has 1 aromatic heterocycles. The molecule has 0 bridgehead atoms. The summed E-state index contributed by atoms with van der Waals surface area (Å²) in [6, 6.07) is 11.5. The molecule has 0 atom stereocenters. The molecule has 0 saturated heterocycles. The first-order chi connectivity index (χ1) is 7.65. The number of benzene rings is 1. The van der Waals surface area contributed by atoms with Gasteiger partial charge in [-0.2, -0.15) is 0 Å². The van der Waals surface area contributed by atoms with E-state index in [-0.39, 0.29) is 5.78 Å². The molecule has 0 aliphatic rings. The molecule has 16 heavy (non-hydrogen) atoms. The van der Waals surface area contributed by atoms with Crippen LogP contribution in [0.5, 0.6) is 0 Å². The Labute approximate surface area is 108 Å².